The van der Waals surface area contributed by atoms with Gasteiger partial charge in [-0.05, 0) is 28.1 Å². The highest BCUT2D eigenvalue weighted by Crippen LogP contribution is 2.32. The van der Waals surface area contributed by atoms with E-state index in [1.54, 1.807) is 30.1 Å². The zero-order valence-corrected chi connectivity index (χ0v) is 12.0. The van der Waals surface area contributed by atoms with Crippen LogP contribution in [0.4, 0.5) is 17.2 Å². The van der Waals surface area contributed by atoms with E-state index in [9.17, 15) is 10.1 Å². The van der Waals surface area contributed by atoms with Crippen molar-refractivity contribution in [2.45, 2.75) is 0 Å². The number of rotatable bonds is 3. The van der Waals surface area contributed by atoms with Crippen molar-refractivity contribution < 1.29 is 4.92 Å². The predicted octanol–water partition coefficient (Wildman–Crippen LogP) is 3.39. The number of halogens is 1. The monoisotopic (exact) mass is 332 g/mol. The Morgan fingerprint density at radius 3 is 2.75 bits per heavy atom. The normalized spacial score (nSPS) is 9.85. The van der Waals surface area contributed by atoms with Crippen LogP contribution < -0.4 is 4.90 Å². The van der Waals surface area contributed by atoms with E-state index in [4.69, 9.17) is 5.26 Å². The molecule has 1 aromatic heterocycles. The van der Waals surface area contributed by atoms with Gasteiger partial charge in [0.15, 0.2) is 0 Å². The van der Waals surface area contributed by atoms with Gasteiger partial charge < -0.3 is 4.90 Å². The molecule has 20 heavy (non-hydrogen) atoms. The topological polar surface area (TPSA) is 83.1 Å². The molecule has 0 aliphatic heterocycles. The SMILES string of the molecule is CN(c1ccccc1C#N)c1ncc([N+](=O)[O-])cc1Br. The highest BCUT2D eigenvalue weighted by Gasteiger charge is 2.16. The summed E-state index contributed by atoms with van der Waals surface area (Å²) in [6, 6.07) is 10.6. The Morgan fingerprint density at radius 1 is 1.45 bits per heavy atom. The Bertz CT molecular complexity index is 712. The molecule has 1 aromatic carbocycles. The third-order valence-corrected chi connectivity index (χ3v) is 3.31. The molecule has 0 spiro atoms. The summed E-state index contributed by atoms with van der Waals surface area (Å²) in [6.07, 6.45) is 1.19. The molecule has 0 saturated heterocycles. The third kappa shape index (κ3) is 2.60. The van der Waals surface area contributed by atoms with Crippen LogP contribution in [0, 0.1) is 21.4 Å². The molecule has 0 N–H and O–H groups in total. The van der Waals surface area contributed by atoms with Crippen LogP contribution in [0.1, 0.15) is 5.56 Å². The Hall–Kier alpha value is -2.46. The smallest absolute Gasteiger partial charge is 0.288 e. The number of hydrogen-bond acceptors (Lipinski definition) is 5. The van der Waals surface area contributed by atoms with Gasteiger partial charge in [0.2, 0.25) is 0 Å². The van der Waals surface area contributed by atoms with E-state index in [2.05, 4.69) is 27.0 Å². The van der Waals surface area contributed by atoms with Crippen LogP contribution in [0.5, 0.6) is 0 Å². The van der Waals surface area contributed by atoms with Crippen molar-refractivity contribution in [2.24, 2.45) is 0 Å². The van der Waals surface area contributed by atoms with E-state index in [1.807, 2.05) is 6.07 Å². The number of benzene rings is 1. The number of nitro groups is 1. The van der Waals surface area contributed by atoms with Crippen molar-refractivity contribution in [3.63, 3.8) is 0 Å². The first-order valence-corrected chi connectivity index (χ1v) is 6.36. The van der Waals surface area contributed by atoms with E-state index in [0.717, 1.165) is 0 Å². The summed E-state index contributed by atoms with van der Waals surface area (Å²) in [5.41, 5.74) is 1.08. The number of nitrogens with zero attached hydrogens (tertiary/aromatic N) is 4. The zero-order chi connectivity index (χ0) is 14.7. The minimum atomic E-state index is -0.509. The van der Waals surface area contributed by atoms with E-state index in [-0.39, 0.29) is 5.69 Å². The van der Waals surface area contributed by atoms with Gasteiger partial charge in [-0.1, -0.05) is 12.1 Å². The molecule has 2 aromatic rings. The molecule has 2 rings (SSSR count). The van der Waals surface area contributed by atoms with Gasteiger partial charge in [0, 0.05) is 13.1 Å². The first-order valence-electron chi connectivity index (χ1n) is 5.57. The molecule has 0 bridgehead atoms. The van der Waals surface area contributed by atoms with Crippen molar-refractivity contribution >= 4 is 33.1 Å². The molecule has 0 unspecified atom stereocenters. The molecule has 0 aliphatic carbocycles. The summed E-state index contributed by atoms with van der Waals surface area (Å²) >= 11 is 3.27. The Morgan fingerprint density at radius 2 is 2.15 bits per heavy atom. The molecular formula is C13H9BrN4O2. The molecule has 1 heterocycles. The van der Waals surface area contributed by atoms with Crippen molar-refractivity contribution in [1.29, 1.82) is 5.26 Å². The minimum absolute atomic E-state index is 0.0948. The first kappa shape index (κ1) is 14.0. The lowest BCUT2D eigenvalue weighted by atomic mass is 10.2. The molecule has 100 valence electrons. The highest BCUT2D eigenvalue weighted by molar-refractivity contribution is 9.10. The zero-order valence-electron chi connectivity index (χ0n) is 10.4. The second-order valence-electron chi connectivity index (χ2n) is 3.94. The van der Waals surface area contributed by atoms with Crippen molar-refractivity contribution in [1.82, 2.24) is 4.98 Å². The van der Waals surface area contributed by atoms with Crippen LogP contribution in [0.15, 0.2) is 41.0 Å². The molecule has 0 amide bonds. The Kier molecular flexibility index (Phi) is 3.96. The lowest BCUT2D eigenvalue weighted by Gasteiger charge is -2.20. The van der Waals surface area contributed by atoms with Crippen LogP contribution in [0.3, 0.4) is 0 Å². The summed E-state index contributed by atoms with van der Waals surface area (Å²) in [6.45, 7) is 0. The van der Waals surface area contributed by atoms with Crippen LogP contribution in [0.2, 0.25) is 0 Å². The van der Waals surface area contributed by atoms with Gasteiger partial charge >= 0.3 is 0 Å². The van der Waals surface area contributed by atoms with E-state index >= 15 is 0 Å². The number of nitriles is 1. The van der Waals surface area contributed by atoms with E-state index in [0.29, 0.717) is 21.5 Å². The van der Waals surface area contributed by atoms with Gasteiger partial charge in [-0.2, -0.15) is 5.26 Å². The van der Waals surface area contributed by atoms with Gasteiger partial charge in [0.05, 0.1) is 20.6 Å². The van der Waals surface area contributed by atoms with E-state index in [1.165, 1.54) is 12.3 Å². The number of anilines is 2. The number of aromatic nitrogens is 1. The lowest BCUT2D eigenvalue weighted by molar-refractivity contribution is -0.385. The van der Waals surface area contributed by atoms with E-state index < -0.39 is 4.92 Å². The van der Waals surface area contributed by atoms with Crippen LogP contribution >= 0.6 is 15.9 Å². The number of para-hydroxylation sites is 1. The molecule has 6 nitrogen and oxygen atoms in total. The molecule has 0 radical (unpaired) electrons. The van der Waals surface area contributed by atoms with Gasteiger partial charge in [-0.3, -0.25) is 10.1 Å². The van der Waals surface area contributed by atoms with Gasteiger partial charge in [0.1, 0.15) is 18.1 Å². The highest BCUT2D eigenvalue weighted by atomic mass is 79.9. The Balaban J connectivity index is 2.46. The third-order valence-electron chi connectivity index (χ3n) is 2.72. The summed E-state index contributed by atoms with van der Waals surface area (Å²) in [5, 5.41) is 19.8. The second-order valence-corrected chi connectivity index (χ2v) is 4.80. The minimum Gasteiger partial charge on any atom is -0.327 e. The molecule has 0 atom stereocenters. The number of hydrogen-bond donors (Lipinski definition) is 0. The quantitative estimate of drug-likeness (QED) is 0.635. The lowest BCUT2D eigenvalue weighted by Crippen LogP contribution is -2.13. The predicted molar refractivity (Wildman–Crippen MR) is 77.8 cm³/mol. The fourth-order valence-corrected chi connectivity index (χ4v) is 2.34. The molecule has 0 aliphatic rings. The molecular weight excluding hydrogens is 324 g/mol. The summed E-state index contributed by atoms with van der Waals surface area (Å²) in [4.78, 5) is 16.0. The average Bonchev–Trinajstić information content (AvgIpc) is 2.46. The van der Waals surface area contributed by atoms with Crippen molar-refractivity contribution in [3.05, 3.63) is 56.7 Å². The van der Waals surface area contributed by atoms with Crippen LogP contribution in [-0.2, 0) is 0 Å². The second kappa shape index (κ2) is 5.67. The first-order chi connectivity index (χ1) is 9.54. The summed E-state index contributed by atoms with van der Waals surface area (Å²) in [5.74, 6) is 0.498. The maximum absolute atomic E-state index is 10.7. The maximum Gasteiger partial charge on any atom is 0.288 e. The number of pyridine rings is 1. The molecule has 0 fully saturated rings. The van der Waals surface area contributed by atoms with Gasteiger partial charge in [-0.15, -0.1) is 0 Å². The van der Waals surface area contributed by atoms with Gasteiger partial charge in [0.25, 0.3) is 5.69 Å². The van der Waals surface area contributed by atoms with Crippen LogP contribution in [0.25, 0.3) is 0 Å². The standard InChI is InChI=1S/C13H9BrN4O2/c1-17(12-5-3-2-4-9(12)7-15)13-11(14)6-10(8-16-13)18(19)20/h2-6,8H,1H3. The summed E-state index contributed by atoms with van der Waals surface area (Å²) in [7, 11) is 1.75. The molecule has 7 heteroatoms. The fourth-order valence-electron chi connectivity index (χ4n) is 1.74. The van der Waals surface area contributed by atoms with Crippen LogP contribution in [-0.4, -0.2) is 17.0 Å². The van der Waals surface area contributed by atoms with Crippen molar-refractivity contribution in [3.8, 4) is 6.07 Å². The maximum atomic E-state index is 10.7. The van der Waals surface area contributed by atoms with Gasteiger partial charge in [-0.25, -0.2) is 4.98 Å². The van der Waals surface area contributed by atoms with Crippen molar-refractivity contribution in [2.75, 3.05) is 11.9 Å². The average molecular weight is 333 g/mol. The largest absolute Gasteiger partial charge is 0.327 e. The molecule has 0 saturated carbocycles. The fraction of sp³-hybridized carbons (Fsp3) is 0.0769. The Labute approximate surface area is 123 Å². The summed E-state index contributed by atoms with van der Waals surface area (Å²) < 4.78 is 0.488.